The molecule has 3 aromatic rings. The minimum absolute atomic E-state index is 0.120. The van der Waals surface area contributed by atoms with Crippen LogP contribution in [0.25, 0.3) is 11.4 Å². The number of aromatic nitrogens is 2. The molecule has 0 bridgehead atoms. The van der Waals surface area contributed by atoms with E-state index in [0.29, 0.717) is 16.9 Å². The van der Waals surface area contributed by atoms with Crippen LogP contribution in [0.3, 0.4) is 0 Å². The van der Waals surface area contributed by atoms with E-state index in [1.54, 1.807) is 32.0 Å². The molecule has 1 atom stereocenters. The summed E-state index contributed by atoms with van der Waals surface area (Å²) in [4.78, 5) is 16.1. The van der Waals surface area contributed by atoms with E-state index >= 15 is 0 Å². The van der Waals surface area contributed by atoms with Gasteiger partial charge in [0, 0.05) is 5.56 Å². The Hall–Kier alpha value is -3.22. The van der Waals surface area contributed by atoms with Crippen molar-refractivity contribution in [1.29, 1.82) is 0 Å². The van der Waals surface area contributed by atoms with E-state index in [1.807, 2.05) is 25.1 Å². The molecule has 7 heteroatoms. The van der Waals surface area contributed by atoms with Crippen molar-refractivity contribution >= 4 is 5.97 Å². The average Bonchev–Trinajstić information content (AvgIpc) is 3.13. The maximum absolute atomic E-state index is 13.7. The Balaban J connectivity index is 1.59. The zero-order valence-electron chi connectivity index (χ0n) is 15.2. The van der Waals surface area contributed by atoms with Crippen molar-refractivity contribution < 1.29 is 23.2 Å². The second-order valence-corrected chi connectivity index (χ2v) is 6.16. The molecule has 0 aliphatic rings. The molecule has 0 fully saturated rings. The molecule has 3 rings (SSSR count). The van der Waals surface area contributed by atoms with Gasteiger partial charge in [-0.25, -0.2) is 9.18 Å². The third kappa shape index (κ3) is 4.69. The largest absolute Gasteiger partial charge is 0.482 e. The number of carbonyl (C=O) groups excluding carboxylic acids is 1. The van der Waals surface area contributed by atoms with E-state index in [2.05, 4.69) is 10.1 Å². The summed E-state index contributed by atoms with van der Waals surface area (Å²) in [5.74, 6) is 0.00976. The van der Waals surface area contributed by atoms with E-state index in [0.717, 1.165) is 5.56 Å². The molecule has 0 saturated heterocycles. The number of halogens is 1. The van der Waals surface area contributed by atoms with E-state index in [9.17, 15) is 9.18 Å². The third-order valence-electron chi connectivity index (χ3n) is 3.87. The van der Waals surface area contributed by atoms with Gasteiger partial charge in [-0.1, -0.05) is 29.4 Å². The van der Waals surface area contributed by atoms with Crippen molar-refractivity contribution in [1.82, 2.24) is 10.1 Å². The van der Waals surface area contributed by atoms with Crippen LogP contribution in [-0.4, -0.2) is 22.7 Å². The quantitative estimate of drug-likeness (QED) is 0.606. The summed E-state index contributed by atoms with van der Waals surface area (Å²) in [7, 11) is 0. The molecule has 0 spiro atoms. The minimum atomic E-state index is -0.754. The molecule has 0 amide bonds. The summed E-state index contributed by atoms with van der Waals surface area (Å²) in [6.07, 6.45) is -0.754. The molecule has 0 radical (unpaired) electrons. The Labute approximate surface area is 155 Å². The Morgan fingerprint density at radius 2 is 2.04 bits per heavy atom. The van der Waals surface area contributed by atoms with Crippen LogP contribution in [0, 0.1) is 19.7 Å². The summed E-state index contributed by atoms with van der Waals surface area (Å²) in [6, 6.07) is 12.0. The summed E-state index contributed by atoms with van der Waals surface area (Å²) in [6.45, 7) is 4.97. The SMILES string of the molecule is Cc1cccc(OCC(=O)OC(C)c2nc(-c3ccc(C)c(F)c3)no2)c1. The molecular weight excluding hydrogens is 351 g/mol. The lowest BCUT2D eigenvalue weighted by molar-refractivity contribution is -0.152. The first-order chi connectivity index (χ1) is 12.9. The maximum Gasteiger partial charge on any atom is 0.344 e. The van der Waals surface area contributed by atoms with Crippen LogP contribution in [0.2, 0.25) is 0 Å². The normalized spacial score (nSPS) is 11.9. The number of hydrogen-bond donors (Lipinski definition) is 0. The van der Waals surface area contributed by atoms with Gasteiger partial charge >= 0.3 is 5.97 Å². The molecule has 1 aromatic heterocycles. The molecule has 1 unspecified atom stereocenters. The van der Waals surface area contributed by atoms with E-state index in [-0.39, 0.29) is 24.1 Å². The predicted molar refractivity (Wildman–Crippen MR) is 95.6 cm³/mol. The lowest BCUT2D eigenvalue weighted by Gasteiger charge is -2.10. The molecule has 1 heterocycles. The molecule has 27 heavy (non-hydrogen) atoms. The molecule has 0 aliphatic heterocycles. The van der Waals surface area contributed by atoms with E-state index in [1.165, 1.54) is 6.07 Å². The zero-order valence-corrected chi connectivity index (χ0v) is 15.2. The van der Waals surface area contributed by atoms with Gasteiger partial charge in [0.2, 0.25) is 5.82 Å². The number of nitrogens with zero attached hydrogens (tertiary/aromatic N) is 2. The number of benzene rings is 2. The van der Waals surface area contributed by atoms with Crippen LogP contribution in [-0.2, 0) is 9.53 Å². The highest BCUT2D eigenvalue weighted by atomic mass is 19.1. The summed E-state index contributed by atoms with van der Waals surface area (Å²) in [5, 5.41) is 3.81. The third-order valence-corrected chi connectivity index (χ3v) is 3.87. The van der Waals surface area contributed by atoms with Crippen molar-refractivity contribution in [2.45, 2.75) is 26.9 Å². The van der Waals surface area contributed by atoms with Gasteiger partial charge in [0.15, 0.2) is 12.7 Å². The van der Waals surface area contributed by atoms with Crippen molar-refractivity contribution in [3.63, 3.8) is 0 Å². The molecule has 6 nitrogen and oxygen atoms in total. The molecule has 0 saturated carbocycles. The van der Waals surface area contributed by atoms with E-state index in [4.69, 9.17) is 14.0 Å². The highest BCUT2D eigenvalue weighted by Gasteiger charge is 2.20. The maximum atomic E-state index is 13.7. The first-order valence-electron chi connectivity index (χ1n) is 8.41. The van der Waals surface area contributed by atoms with Crippen LogP contribution >= 0.6 is 0 Å². The number of carbonyl (C=O) groups is 1. The Morgan fingerprint density at radius 3 is 2.78 bits per heavy atom. The number of ether oxygens (including phenoxy) is 2. The van der Waals surface area contributed by atoms with Gasteiger partial charge in [0.1, 0.15) is 11.6 Å². The second-order valence-electron chi connectivity index (χ2n) is 6.16. The topological polar surface area (TPSA) is 74.5 Å². The second kappa shape index (κ2) is 7.99. The minimum Gasteiger partial charge on any atom is -0.482 e. The van der Waals surface area contributed by atoms with Gasteiger partial charge in [-0.2, -0.15) is 4.98 Å². The highest BCUT2D eigenvalue weighted by Crippen LogP contribution is 2.22. The fourth-order valence-electron chi connectivity index (χ4n) is 2.38. The van der Waals surface area contributed by atoms with Crippen LogP contribution in [0.4, 0.5) is 4.39 Å². The lowest BCUT2D eigenvalue weighted by atomic mass is 10.1. The zero-order chi connectivity index (χ0) is 19.4. The summed E-state index contributed by atoms with van der Waals surface area (Å²) in [5.41, 5.74) is 2.04. The Bertz CT molecular complexity index is 955. The number of esters is 1. The Morgan fingerprint density at radius 1 is 1.22 bits per heavy atom. The van der Waals surface area contributed by atoms with Crippen molar-refractivity contribution in [3.8, 4) is 17.1 Å². The van der Waals surface area contributed by atoms with Crippen LogP contribution in [0.15, 0.2) is 47.0 Å². The first-order valence-corrected chi connectivity index (χ1v) is 8.41. The molecule has 140 valence electrons. The average molecular weight is 370 g/mol. The van der Waals surface area contributed by atoms with E-state index < -0.39 is 12.1 Å². The molecule has 0 aliphatic carbocycles. The van der Waals surface area contributed by atoms with Gasteiger partial charge < -0.3 is 14.0 Å². The Kier molecular flexibility index (Phi) is 5.49. The summed E-state index contributed by atoms with van der Waals surface area (Å²) >= 11 is 0. The fraction of sp³-hybridized carbons (Fsp3) is 0.250. The monoisotopic (exact) mass is 370 g/mol. The molecule has 0 N–H and O–H groups in total. The van der Waals surface area contributed by atoms with Crippen molar-refractivity contribution in [2.75, 3.05) is 6.61 Å². The smallest absolute Gasteiger partial charge is 0.344 e. The standard InChI is InChI=1S/C20H19FN2O4/c1-12-5-4-6-16(9-12)25-11-18(24)26-14(3)20-22-19(23-27-20)15-8-7-13(2)17(21)10-15/h4-10,14H,11H2,1-3H3. The predicted octanol–water partition coefficient (Wildman–Crippen LogP) is 4.18. The van der Waals surface area contributed by atoms with Crippen LogP contribution in [0.5, 0.6) is 5.75 Å². The lowest BCUT2D eigenvalue weighted by Crippen LogP contribution is -2.17. The number of hydrogen-bond acceptors (Lipinski definition) is 6. The van der Waals surface area contributed by atoms with Crippen molar-refractivity contribution in [3.05, 3.63) is 65.3 Å². The number of rotatable bonds is 6. The number of aryl methyl sites for hydroxylation is 2. The van der Waals surface area contributed by atoms with Crippen molar-refractivity contribution in [2.24, 2.45) is 0 Å². The van der Waals surface area contributed by atoms with Gasteiger partial charge in [0.25, 0.3) is 5.89 Å². The van der Waals surface area contributed by atoms with Crippen LogP contribution < -0.4 is 4.74 Å². The van der Waals surface area contributed by atoms with Gasteiger partial charge in [-0.05, 0) is 50.1 Å². The van der Waals surface area contributed by atoms with Crippen LogP contribution in [0.1, 0.15) is 30.0 Å². The van der Waals surface area contributed by atoms with Gasteiger partial charge in [-0.3, -0.25) is 0 Å². The highest BCUT2D eigenvalue weighted by molar-refractivity contribution is 5.71. The first kappa shape index (κ1) is 18.6. The summed E-state index contributed by atoms with van der Waals surface area (Å²) < 4.78 is 29.5. The fourth-order valence-corrected chi connectivity index (χ4v) is 2.38. The molecule has 2 aromatic carbocycles. The molecular formula is C20H19FN2O4. The van der Waals surface area contributed by atoms with Gasteiger partial charge in [0.05, 0.1) is 0 Å². The van der Waals surface area contributed by atoms with Gasteiger partial charge in [-0.15, -0.1) is 0 Å².